The van der Waals surface area contributed by atoms with E-state index in [-0.39, 0.29) is 11.9 Å². The van der Waals surface area contributed by atoms with Crippen LogP contribution in [0.1, 0.15) is 36.8 Å². The molecule has 0 radical (unpaired) electrons. The normalized spacial score (nSPS) is 24.5. The van der Waals surface area contributed by atoms with Gasteiger partial charge >= 0.3 is 0 Å². The van der Waals surface area contributed by atoms with Crippen LogP contribution in [-0.4, -0.2) is 41.6 Å². The number of fused-ring (bicyclic) bond motifs is 3. The summed E-state index contributed by atoms with van der Waals surface area (Å²) in [6, 6.07) is 15.1. The maximum Gasteiger partial charge on any atom is 0.279 e. The lowest BCUT2D eigenvalue weighted by molar-refractivity contribution is 0.369. The highest BCUT2D eigenvalue weighted by Gasteiger charge is 2.42. The first-order valence-electron chi connectivity index (χ1n) is 12.6. The summed E-state index contributed by atoms with van der Waals surface area (Å²) in [5, 5.41) is 4.73. The van der Waals surface area contributed by atoms with Crippen molar-refractivity contribution in [2.75, 3.05) is 13.1 Å². The number of hydrogen-bond donors (Lipinski definition) is 1. The molecule has 3 aromatic rings. The Morgan fingerprint density at radius 2 is 1.57 bits per heavy atom. The lowest BCUT2D eigenvalue weighted by atomic mass is 9.91. The molecule has 3 aliphatic rings. The first-order valence-corrected chi connectivity index (χ1v) is 14.0. The van der Waals surface area contributed by atoms with Crippen molar-refractivity contribution in [2.45, 2.75) is 44.6 Å². The van der Waals surface area contributed by atoms with Crippen LogP contribution in [-0.2, 0) is 30.1 Å². The summed E-state index contributed by atoms with van der Waals surface area (Å²) >= 11 is 0. The van der Waals surface area contributed by atoms with Crippen LogP contribution in [0.3, 0.4) is 0 Å². The zero-order valence-electron chi connectivity index (χ0n) is 20.0. The molecule has 2 heterocycles. The van der Waals surface area contributed by atoms with E-state index in [2.05, 4.69) is 22.9 Å². The topological polar surface area (TPSA) is 67.2 Å². The molecule has 6 nitrogen and oxygen atoms in total. The van der Waals surface area contributed by atoms with Gasteiger partial charge < -0.3 is 0 Å². The maximum absolute atomic E-state index is 13.4. The number of rotatable bonds is 5. The van der Waals surface area contributed by atoms with Crippen molar-refractivity contribution >= 4 is 10.2 Å². The Morgan fingerprint density at radius 1 is 0.914 bits per heavy atom. The molecule has 1 N–H and O–H groups in total. The van der Waals surface area contributed by atoms with Gasteiger partial charge in [-0.25, -0.2) is 4.39 Å². The van der Waals surface area contributed by atoms with Crippen molar-refractivity contribution in [1.29, 1.82) is 0 Å². The molecular weight excluding hydrogens is 463 g/mol. The van der Waals surface area contributed by atoms with Gasteiger partial charge in [-0.2, -0.15) is 22.5 Å². The molecule has 2 bridgehead atoms. The number of halogens is 1. The summed E-state index contributed by atoms with van der Waals surface area (Å²) in [5.41, 5.74) is 6.42. The standard InChI is InChI=1S/C27H31FN4O2S/c1-31-26(18-8-10-24(28)11-9-18)17-25(29-31)20-5-4-19-14-21-6-7-22(16-23(19)15-20)27(21)30-35(33,34)32-12-2-3-13-32/h4-5,8-11,15,17,21-22,27,30H,2-3,6-7,12-14,16H2,1H3/t21?,22?,27-/m1/s1. The molecule has 2 fully saturated rings. The molecule has 6 rings (SSSR count). The number of nitrogens with one attached hydrogen (secondary N) is 1. The first kappa shape index (κ1) is 22.9. The third kappa shape index (κ3) is 4.32. The number of hydrogen-bond acceptors (Lipinski definition) is 3. The van der Waals surface area contributed by atoms with Crippen molar-refractivity contribution in [2.24, 2.45) is 18.9 Å². The van der Waals surface area contributed by atoms with Gasteiger partial charge in [-0.05, 0) is 103 Å². The highest BCUT2D eigenvalue weighted by atomic mass is 32.2. The van der Waals surface area contributed by atoms with E-state index in [0.717, 1.165) is 61.0 Å². The van der Waals surface area contributed by atoms with E-state index in [1.807, 2.05) is 17.8 Å². The van der Waals surface area contributed by atoms with E-state index in [9.17, 15) is 12.8 Å². The predicted octanol–water partition coefficient (Wildman–Crippen LogP) is 4.32. The molecule has 2 aromatic carbocycles. The van der Waals surface area contributed by atoms with Crippen LogP contribution >= 0.6 is 0 Å². The van der Waals surface area contributed by atoms with Gasteiger partial charge in [0, 0.05) is 31.7 Å². The molecule has 1 aliphatic heterocycles. The van der Waals surface area contributed by atoms with Gasteiger partial charge in [-0.1, -0.05) is 12.1 Å². The van der Waals surface area contributed by atoms with E-state index < -0.39 is 10.2 Å². The van der Waals surface area contributed by atoms with E-state index in [1.165, 1.54) is 23.3 Å². The minimum atomic E-state index is -3.42. The zero-order chi connectivity index (χ0) is 24.2. The van der Waals surface area contributed by atoms with Crippen LogP contribution in [0.2, 0.25) is 0 Å². The molecule has 2 unspecified atom stereocenters. The highest BCUT2D eigenvalue weighted by molar-refractivity contribution is 7.87. The number of nitrogens with zero attached hydrogens (tertiary/aromatic N) is 3. The van der Waals surface area contributed by atoms with Crippen molar-refractivity contribution < 1.29 is 12.8 Å². The summed E-state index contributed by atoms with van der Waals surface area (Å²) in [7, 11) is -1.52. The minimum Gasteiger partial charge on any atom is -0.267 e. The molecule has 0 amide bonds. The van der Waals surface area contributed by atoms with Gasteiger partial charge in [0.1, 0.15) is 5.82 Å². The Labute approximate surface area is 206 Å². The summed E-state index contributed by atoms with van der Waals surface area (Å²) in [6.07, 6.45) is 5.80. The molecule has 3 atom stereocenters. The van der Waals surface area contributed by atoms with Gasteiger partial charge in [-0.3, -0.25) is 4.68 Å². The van der Waals surface area contributed by atoms with Gasteiger partial charge in [0.05, 0.1) is 11.4 Å². The molecule has 35 heavy (non-hydrogen) atoms. The van der Waals surface area contributed by atoms with Crippen LogP contribution < -0.4 is 4.72 Å². The van der Waals surface area contributed by atoms with Crippen LogP contribution in [0, 0.1) is 17.7 Å². The van der Waals surface area contributed by atoms with Gasteiger partial charge in [0.2, 0.25) is 0 Å². The Bertz CT molecular complexity index is 1350. The lowest BCUT2D eigenvalue weighted by Gasteiger charge is -2.26. The second-order valence-electron chi connectivity index (χ2n) is 10.3. The molecule has 8 heteroatoms. The van der Waals surface area contributed by atoms with E-state index in [0.29, 0.717) is 24.9 Å². The van der Waals surface area contributed by atoms with Crippen LogP contribution in [0.15, 0.2) is 48.5 Å². The fourth-order valence-corrected chi connectivity index (χ4v) is 7.85. The number of aromatic nitrogens is 2. The van der Waals surface area contributed by atoms with Crippen molar-refractivity contribution in [3.63, 3.8) is 0 Å². The van der Waals surface area contributed by atoms with Crippen molar-refractivity contribution in [3.8, 4) is 22.5 Å². The number of benzene rings is 2. The molecule has 2 aliphatic carbocycles. The second kappa shape index (κ2) is 8.84. The molecule has 184 valence electrons. The van der Waals surface area contributed by atoms with Crippen molar-refractivity contribution in [1.82, 2.24) is 18.8 Å². The Morgan fingerprint density at radius 3 is 2.29 bits per heavy atom. The Balaban J connectivity index is 1.26. The van der Waals surface area contributed by atoms with Gasteiger partial charge in [-0.15, -0.1) is 0 Å². The van der Waals surface area contributed by atoms with Crippen molar-refractivity contribution in [3.05, 3.63) is 65.5 Å². The van der Waals surface area contributed by atoms with Gasteiger partial charge in [0.25, 0.3) is 10.2 Å². The fraction of sp³-hybridized carbons (Fsp3) is 0.444. The molecule has 1 saturated heterocycles. The third-order valence-electron chi connectivity index (χ3n) is 8.10. The zero-order valence-corrected chi connectivity index (χ0v) is 20.8. The van der Waals surface area contributed by atoms with E-state index in [1.54, 1.807) is 16.4 Å². The summed E-state index contributed by atoms with van der Waals surface area (Å²) in [6.45, 7) is 1.26. The second-order valence-corrected chi connectivity index (χ2v) is 12.0. The van der Waals surface area contributed by atoms with Gasteiger partial charge in [0.15, 0.2) is 0 Å². The first-order chi connectivity index (χ1) is 16.9. The molecule has 1 saturated carbocycles. The SMILES string of the molecule is Cn1nc(-c2ccc3c(c2)CC2CCC(C3)[C@H]2NS(=O)(=O)N2CCCC2)cc1-c1ccc(F)cc1. The average Bonchev–Trinajstić information content (AvgIpc) is 3.55. The largest absolute Gasteiger partial charge is 0.279 e. The van der Waals surface area contributed by atoms with E-state index in [4.69, 9.17) is 5.10 Å². The van der Waals surface area contributed by atoms with Crippen LogP contribution in [0.4, 0.5) is 4.39 Å². The monoisotopic (exact) mass is 494 g/mol. The molecule has 1 aromatic heterocycles. The fourth-order valence-electron chi connectivity index (χ4n) is 6.24. The third-order valence-corrected chi connectivity index (χ3v) is 9.71. The quantitative estimate of drug-likeness (QED) is 0.575. The summed E-state index contributed by atoms with van der Waals surface area (Å²) in [5.74, 6) is 0.397. The smallest absolute Gasteiger partial charge is 0.267 e. The summed E-state index contributed by atoms with van der Waals surface area (Å²) < 4.78 is 45.9. The molecular formula is C27H31FN4O2S. The molecule has 0 spiro atoms. The van der Waals surface area contributed by atoms with Crippen LogP contribution in [0.5, 0.6) is 0 Å². The average molecular weight is 495 g/mol. The predicted molar refractivity (Wildman–Crippen MR) is 134 cm³/mol. The maximum atomic E-state index is 13.4. The Hall–Kier alpha value is -2.55. The summed E-state index contributed by atoms with van der Waals surface area (Å²) in [4.78, 5) is 0. The lowest BCUT2D eigenvalue weighted by Crippen LogP contribution is -2.48. The highest BCUT2D eigenvalue weighted by Crippen LogP contribution is 2.41. The minimum absolute atomic E-state index is 0.00335. The Kier molecular flexibility index (Phi) is 5.78. The van der Waals surface area contributed by atoms with Crippen LogP contribution in [0.25, 0.3) is 22.5 Å². The number of aryl methyl sites for hydroxylation is 1. The van der Waals surface area contributed by atoms with E-state index >= 15 is 0 Å².